The monoisotopic (exact) mass is 279 g/mol. The molecule has 0 radical (unpaired) electrons. The molecule has 0 atom stereocenters. The van der Waals surface area contributed by atoms with Gasteiger partial charge >= 0.3 is 5.97 Å². The van der Waals surface area contributed by atoms with E-state index in [-0.39, 0.29) is 17.2 Å². The van der Waals surface area contributed by atoms with Crippen molar-refractivity contribution in [1.29, 1.82) is 0 Å². The second-order valence-corrected chi connectivity index (χ2v) is 4.98. The third-order valence-electron chi connectivity index (χ3n) is 2.67. The van der Waals surface area contributed by atoms with Crippen molar-refractivity contribution in [3.63, 3.8) is 0 Å². The first-order chi connectivity index (χ1) is 9.40. The molecule has 1 amide bonds. The van der Waals surface area contributed by atoms with Crippen molar-refractivity contribution in [3.8, 4) is 0 Å². The minimum Gasteiger partial charge on any atom is -0.478 e. The molecule has 0 fully saturated rings. The van der Waals surface area contributed by atoms with Gasteiger partial charge in [0.15, 0.2) is 0 Å². The summed E-state index contributed by atoms with van der Waals surface area (Å²) in [5, 5.41) is 14.8. The number of nitrogen functional groups attached to an aromatic ring is 1. The molecule has 1 aromatic carbocycles. The van der Waals surface area contributed by atoms with Gasteiger partial charge in [-0.2, -0.15) is 0 Å². The third-order valence-corrected chi connectivity index (χ3v) is 2.67. The zero-order valence-electron chi connectivity index (χ0n) is 11.8. The molecule has 6 nitrogen and oxygen atoms in total. The summed E-state index contributed by atoms with van der Waals surface area (Å²) in [7, 11) is 0. The maximum Gasteiger partial charge on any atom is 0.337 e. The van der Waals surface area contributed by atoms with Gasteiger partial charge in [0, 0.05) is 30.9 Å². The van der Waals surface area contributed by atoms with E-state index in [2.05, 4.69) is 10.6 Å². The number of benzene rings is 1. The van der Waals surface area contributed by atoms with E-state index < -0.39 is 5.97 Å². The Morgan fingerprint density at radius 1 is 1.35 bits per heavy atom. The highest BCUT2D eigenvalue weighted by atomic mass is 16.4. The lowest BCUT2D eigenvalue weighted by atomic mass is 10.1. The number of carboxylic acids is 1. The van der Waals surface area contributed by atoms with Crippen LogP contribution >= 0.6 is 0 Å². The highest BCUT2D eigenvalue weighted by Crippen LogP contribution is 2.17. The van der Waals surface area contributed by atoms with Crippen LogP contribution in [-0.2, 0) is 4.79 Å². The number of carbonyl (C=O) groups is 2. The lowest BCUT2D eigenvalue weighted by Gasteiger charge is -2.10. The van der Waals surface area contributed by atoms with Gasteiger partial charge in [0.2, 0.25) is 5.91 Å². The van der Waals surface area contributed by atoms with Gasteiger partial charge in [-0.05, 0) is 24.1 Å². The number of rotatable bonds is 7. The Kier molecular flexibility index (Phi) is 5.83. The molecule has 0 unspecified atom stereocenters. The predicted octanol–water partition coefficient (Wildman–Crippen LogP) is 1.54. The third kappa shape index (κ3) is 5.17. The van der Waals surface area contributed by atoms with Crippen LogP contribution in [0, 0.1) is 5.92 Å². The van der Waals surface area contributed by atoms with Crippen LogP contribution in [0.2, 0.25) is 0 Å². The van der Waals surface area contributed by atoms with Crippen LogP contribution in [-0.4, -0.2) is 30.1 Å². The fourth-order valence-corrected chi connectivity index (χ4v) is 1.58. The standard InChI is InChI=1S/C14H21N3O3/c1-9(2)8-17-13(18)5-6-16-10-3-4-12(15)11(7-10)14(19)20/h3-4,7,9,16H,5-6,8,15H2,1-2H3,(H,17,18)(H,19,20). The van der Waals surface area contributed by atoms with Crippen molar-refractivity contribution in [3.05, 3.63) is 23.8 Å². The van der Waals surface area contributed by atoms with Crippen LogP contribution < -0.4 is 16.4 Å². The van der Waals surface area contributed by atoms with Gasteiger partial charge in [0.25, 0.3) is 0 Å². The lowest BCUT2D eigenvalue weighted by molar-refractivity contribution is -0.120. The molecule has 0 aliphatic rings. The Hall–Kier alpha value is -2.24. The summed E-state index contributed by atoms with van der Waals surface area (Å²) in [6, 6.07) is 4.68. The molecule has 0 aromatic heterocycles. The molecule has 1 aromatic rings. The predicted molar refractivity (Wildman–Crippen MR) is 78.8 cm³/mol. The fourth-order valence-electron chi connectivity index (χ4n) is 1.58. The Labute approximate surface area is 118 Å². The number of aromatic carboxylic acids is 1. The quantitative estimate of drug-likeness (QED) is 0.567. The van der Waals surface area contributed by atoms with Crippen molar-refractivity contribution in [2.75, 3.05) is 24.1 Å². The Morgan fingerprint density at radius 3 is 2.65 bits per heavy atom. The maximum absolute atomic E-state index is 11.5. The van der Waals surface area contributed by atoms with Crippen molar-refractivity contribution < 1.29 is 14.7 Å². The van der Waals surface area contributed by atoms with E-state index in [0.29, 0.717) is 31.1 Å². The largest absolute Gasteiger partial charge is 0.478 e. The molecule has 0 bridgehead atoms. The van der Waals surface area contributed by atoms with E-state index >= 15 is 0 Å². The summed E-state index contributed by atoms with van der Waals surface area (Å²) in [6.07, 6.45) is 0.333. The Bertz CT molecular complexity index is 487. The molecule has 6 heteroatoms. The summed E-state index contributed by atoms with van der Waals surface area (Å²) in [6.45, 7) is 5.15. The second kappa shape index (κ2) is 7.37. The molecule has 0 aliphatic heterocycles. The maximum atomic E-state index is 11.5. The van der Waals surface area contributed by atoms with Crippen molar-refractivity contribution in [2.24, 2.45) is 5.92 Å². The first-order valence-electron chi connectivity index (χ1n) is 6.53. The summed E-state index contributed by atoms with van der Waals surface area (Å²) in [5.41, 5.74) is 6.47. The molecule has 0 spiro atoms. The van der Waals surface area contributed by atoms with Crippen LogP contribution in [0.15, 0.2) is 18.2 Å². The number of hydrogen-bond acceptors (Lipinski definition) is 4. The lowest BCUT2D eigenvalue weighted by Crippen LogP contribution is -2.28. The summed E-state index contributed by atoms with van der Waals surface area (Å²) in [5.74, 6) is -0.678. The second-order valence-electron chi connectivity index (χ2n) is 4.98. The summed E-state index contributed by atoms with van der Waals surface area (Å²) < 4.78 is 0. The molecule has 20 heavy (non-hydrogen) atoms. The van der Waals surface area contributed by atoms with Gasteiger partial charge in [-0.25, -0.2) is 4.79 Å². The SMILES string of the molecule is CC(C)CNC(=O)CCNc1ccc(N)c(C(=O)O)c1. The van der Waals surface area contributed by atoms with E-state index in [0.717, 1.165) is 0 Å². The fraction of sp³-hybridized carbons (Fsp3) is 0.429. The molecule has 0 saturated carbocycles. The smallest absolute Gasteiger partial charge is 0.337 e. The number of anilines is 2. The van der Waals surface area contributed by atoms with Gasteiger partial charge in [-0.3, -0.25) is 4.79 Å². The minimum absolute atomic E-state index is 0.0277. The van der Waals surface area contributed by atoms with E-state index in [4.69, 9.17) is 10.8 Å². The van der Waals surface area contributed by atoms with Crippen LogP contribution in [0.4, 0.5) is 11.4 Å². The molecule has 0 aliphatic carbocycles. The highest BCUT2D eigenvalue weighted by Gasteiger charge is 2.08. The molecule has 0 saturated heterocycles. The first-order valence-corrected chi connectivity index (χ1v) is 6.53. The number of carboxylic acid groups (broad SMARTS) is 1. The average molecular weight is 279 g/mol. The highest BCUT2D eigenvalue weighted by molar-refractivity contribution is 5.94. The van der Waals surface area contributed by atoms with Crippen molar-refractivity contribution in [1.82, 2.24) is 5.32 Å². The molecular formula is C14H21N3O3. The van der Waals surface area contributed by atoms with Gasteiger partial charge < -0.3 is 21.5 Å². The van der Waals surface area contributed by atoms with Gasteiger partial charge in [0.05, 0.1) is 5.56 Å². The average Bonchev–Trinajstić information content (AvgIpc) is 2.38. The number of nitrogens with one attached hydrogen (secondary N) is 2. The molecule has 5 N–H and O–H groups in total. The topological polar surface area (TPSA) is 104 Å². The van der Waals surface area contributed by atoms with Gasteiger partial charge in [-0.1, -0.05) is 13.8 Å². The van der Waals surface area contributed by atoms with Gasteiger partial charge in [-0.15, -0.1) is 0 Å². The van der Waals surface area contributed by atoms with Crippen LogP contribution in [0.25, 0.3) is 0 Å². The van der Waals surface area contributed by atoms with E-state index in [1.807, 2.05) is 13.8 Å². The summed E-state index contributed by atoms with van der Waals surface area (Å²) >= 11 is 0. The van der Waals surface area contributed by atoms with E-state index in [1.54, 1.807) is 6.07 Å². The van der Waals surface area contributed by atoms with Crippen molar-refractivity contribution in [2.45, 2.75) is 20.3 Å². The van der Waals surface area contributed by atoms with Crippen LogP contribution in [0.3, 0.4) is 0 Å². The molecule has 110 valence electrons. The van der Waals surface area contributed by atoms with E-state index in [1.165, 1.54) is 12.1 Å². The molecule has 1 rings (SSSR count). The number of amides is 1. The van der Waals surface area contributed by atoms with E-state index in [9.17, 15) is 9.59 Å². The zero-order chi connectivity index (χ0) is 15.1. The number of hydrogen-bond donors (Lipinski definition) is 4. The summed E-state index contributed by atoms with van der Waals surface area (Å²) in [4.78, 5) is 22.4. The Morgan fingerprint density at radius 2 is 2.05 bits per heavy atom. The molecule has 0 heterocycles. The number of carbonyl (C=O) groups excluding carboxylic acids is 1. The van der Waals surface area contributed by atoms with Crippen LogP contribution in [0.5, 0.6) is 0 Å². The number of nitrogens with two attached hydrogens (primary N) is 1. The van der Waals surface area contributed by atoms with Crippen LogP contribution in [0.1, 0.15) is 30.6 Å². The Balaban J connectivity index is 2.44. The molecular weight excluding hydrogens is 258 g/mol. The first kappa shape index (κ1) is 15.8. The zero-order valence-corrected chi connectivity index (χ0v) is 11.8. The van der Waals surface area contributed by atoms with Gasteiger partial charge in [0.1, 0.15) is 0 Å². The van der Waals surface area contributed by atoms with Crippen molar-refractivity contribution >= 4 is 23.3 Å². The minimum atomic E-state index is -1.07. The normalized spacial score (nSPS) is 10.3.